The van der Waals surface area contributed by atoms with E-state index in [9.17, 15) is 14.4 Å². The maximum absolute atomic E-state index is 12.2. The van der Waals surface area contributed by atoms with Gasteiger partial charge in [-0.3, -0.25) is 19.1 Å². The number of rotatable bonds is 4. The number of benzene rings is 1. The van der Waals surface area contributed by atoms with Gasteiger partial charge in [0.25, 0.3) is 5.91 Å². The Kier molecular flexibility index (Phi) is 3.80. The second kappa shape index (κ2) is 5.91. The predicted octanol–water partition coefficient (Wildman–Crippen LogP) is -0.0776. The largest absolute Gasteiger partial charge is 0.352 e. The van der Waals surface area contributed by atoms with Gasteiger partial charge in [0.15, 0.2) is 0 Å². The molecule has 0 radical (unpaired) electrons. The molecular formula is C15H15N5O3. The molecule has 0 fully saturated rings. The zero-order valence-electron chi connectivity index (χ0n) is 12.4. The van der Waals surface area contributed by atoms with Gasteiger partial charge in [-0.2, -0.15) is 5.10 Å². The van der Waals surface area contributed by atoms with Crippen LogP contribution in [0.15, 0.2) is 40.1 Å². The number of fused-ring (bicyclic) bond motifs is 1. The second-order valence-electron chi connectivity index (χ2n) is 5.12. The van der Waals surface area contributed by atoms with E-state index in [-0.39, 0.29) is 5.91 Å². The number of amides is 1. The quantitative estimate of drug-likeness (QED) is 0.585. The van der Waals surface area contributed by atoms with Gasteiger partial charge in [-0.05, 0) is 24.3 Å². The van der Waals surface area contributed by atoms with Crippen LogP contribution >= 0.6 is 0 Å². The lowest BCUT2D eigenvalue weighted by Crippen LogP contribution is -2.29. The fraction of sp³-hybridized carbons (Fsp3) is 0.200. The van der Waals surface area contributed by atoms with E-state index in [0.29, 0.717) is 29.6 Å². The van der Waals surface area contributed by atoms with E-state index < -0.39 is 11.1 Å². The predicted molar refractivity (Wildman–Crippen MR) is 84.4 cm³/mol. The van der Waals surface area contributed by atoms with Crippen molar-refractivity contribution in [2.24, 2.45) is 7.05 Å². The molecule has 0 aliphatic heterocycles. The maximum Gasteiger partial charge on any atom is 0.314 e. The van der Waals surface area contributed by atoms with Crippen molar-refractivity contribution in [2.75, 3.05) is 6.54 Å². The normalized spacial score (nSPS) is 10.8. The Morgan fingerprint density at radius 2 is 1.91 bits per heavy atom. The van der Waals surface area contributed by atoms with Gasteiger partial charge in [0.05, 0.1) is 11.0 Å². The fourth-order valence-corrected chi connectivity index (χ4v) is 2.31. The van der Waals surface area contributed by atoms with Crippen molar-refractivity contribution in [1.82, 2.24) is 25.1 Å². The lowest BCUT2D eigenvalue weighted by Gasteiger charge is -2.06. The highest BCUT2D eigenvalue weighted by atomic mass is 16.2. The van der Waals surface area contributed by atoms with Crippen molar-refractivity contribution >= 4 is 16.9 Å². The Morgan fingerprint density at radius 1 is 1.17 bits per heavy atom. The van der Waals surface area contributed by atoms with Crippen LogP contribution < -0.4 is 16.4 Å². The van der Waals surface area contributed by atoms with Crippen molar-refractivity contribution in [3.05, 3.63) is 62.4 Å². The van der Waals surface area contributed by atoms with Crippen LogP contribution in [-0.2, 0) is 13.5 Å². The van der Waals surface area contributed by atoms with E-state index in [2.05, 4.69) is 20.4 Å². The Labute approximate surface area is 130 Å². The number of aromatic nitrogens is 4. The average Bonchev–Trinajstić information content (AvgIpc) is 2.93. The van der Waals surface area contributed by atoms with Gasteiger partial charge in [-0.25, -0.2) is 0 Å². The van der Waals surface area contributed by atoms with Gasteiger partial charge >= 0.3 is 11.1 Å². The average molecular weight is 313 g/mol. The summed E-state index contributed by atoms with van der Waals surface area (Å²) >= 11 is 0. The van der Waals surface area contributed by atoms with E-state index in [1.54, 1.807) is 23.0 Å². The third-order valence-corrected chi connectivity index (χ3v) is 3.57. The summed E-state index contributed by atoms with van der Waals surface area (Å²) in [5.41, 5.74) is 0.850. The minimum Gasteiger partial charge on any atom is -0.352 e. The number of carbonyl (C=O) groups excluding carboxylic acids is 1. The van der Waals surface area contributed by atoms with Crippen LogP contribution in [0.3, 0.4) is 0 Å². The van der Waals surface area contributed by atoms with Crippen LogP contribution in [0.1, 0.15) is 16.1 Å². The van der Waals surface area contributed by atoms with Crippen LogP contribution in [0, 0.1) is 0 Å². The fourth-order valence-electron chi connectivity index (χ4n) is 2.31. The molecule has 0 spiro atoms. The van der Waals surface area contributed by atoms with Gasteiger partial charge in [0, 0.05) is 37.5 Å². The van der Waals surface area contributed by atoms with Crippen molar-refractivity contribution in [1.29, 1.82) is 0 Å². The summed E-state index contributed by atoms with van der Waals surface area (Å²) in [7, 11) is 1.84. The molecule has 0 aliphatic rings. The van der Waals surface area contributed by atoms with Crippen LogP contribution in [0.2, 0.25) is 0 Å². The molecule has 0 saturated carbocycles. The number of H-pyrrole nitrogens is 2. The van der Waals surface area contributed by atoms with Gasteiger partial charge in [-0.15, -0.1) is 0 Å². The third-order valence-electron chi connectivity index (χ3n) is 3.57. The van der Waals surface area contributed by atoms with E-state index in [1.165, 1.54) is 6.07 Å². The topological polar surface area (TPSA) is 113 Å². The highest BCUT2D eigenvalue weighted by Gasteiger charge is 2.08. The lowest BCUT2D eigenvalue weighted by molar-refractivity contribution is 0.0954. The first kappa shape index (κ1) is 14.8. The molecule has 3 N–H and O–H groups in total. The molecule has 0 saturated heterocycles. The van der Waals surface area contributed by atoms with Crippen LogP contribution in [0.25, 0.3) is 11.0 Å². The summed E-state index contributed by atoms with van der Waals surface area (Å²) in [5, 5.41) is 6.87. The molecule has 0 aliphatic carbocycles. The first-order valence-corrected chi connectivity index (χ1v) is 7.06. The maximum atomic E-state index is 12.2. The van der Waals surface area contributed by atoms with Gasteiger partial charge in [-0.1, -0.05) is 0 Å². The summed E-state index contributed by atoms with van der Waals surface area (Å²) in [5.74, 6) is -0.249. The minimum absolute atomic E-state index is 0.249. The minimum atomic E-state index is -0.744. The van der Waals surface area contributed by atoms with Crippen molar-refractivity contribution in [2.45, 2.75) is 6.42 Å². The molecule has 23 heavy (non-hydrogen) atoms. The number of hydrogen-bond acceptors (Lipinski definition) is 4. The van der Waals surface area contributed by atoms with E-state index in [4.69, 9.17) is 0 Å². The molecule has 1 amide bonds. The van der Waals surface area contributed by atoms with E-state index in [0.717, 1.165) is 5.69 Å². The molecule has 2 aromatic heterocycles. The molecule has 2 heterocycles. The van der Waals surface area contributed by atoms with Crippen LogP contribution in [0.4, 0.5) is 0 Å². The molecule has 8 heteroatoms. The monoisotopic (exact) mass is 313 g/mol. The molecule has 1 aromatic carbocycles. The summed E-state index contributed by atoms with van der Waals surface area (Å²) in [6.45, 7) is 0.471. The molecule has 8 nitrogen and oxygen atoms in total. The zero-order chi connectivity index (χ0) is 16.4. The van der Waals surface area contributed by atoms with Crippen LogP contribution in [-0.4, -0.2) is 32.2 Å². The van der Waals surface area contributed by atoms with Crippen molar-refractivity contribution < 1.29 is 4.79 Å². The second-order valence-corrected chi connectivity index (χ2v) is 5.12. The number of nitrogens with zero attached hydrogens (tertiary/aromatic N) is 2. The SMILES string of the molecule is Cn1nccc1CCNC(=O)c1ccc2[nH]c(=O)c(=O)[nH]c2c1. The summed E-state index contributed by atoms with van der Waals surface area (Å²) < 4.78 is 1.75. The van der Waals surface area contributed by atoms with Crippen molar-refractivity contribution in [3.63, 3.8) is 0 Å². The molecule has 0 unspecified atom stereocenters. The van der Waals surface area contributed by atoms with E-state index in [1.807, 2.05) is 13.1 Å². The highest BCUT2D eigenvalue weighted by Crippen LogP contribution is 2.09. The third kappa shape index (κ3) is 3.05. The highest BCUT2D eigenvalue weighted by molar-refractivity contribution is 5.97. The lowest BCUT2D eigenvalue weighted by atomic mass is 10.1. The standard InChI is InChI=1S/C15H15N5O3/c1-20-10(5-7-17-20)4-6-16-13(21)9-2-3-11-12(8-9)19-15(23)14(22)18-11/h2-3,5,7-8H,4,6H2,1H3,(H,16,21)(H,18,22)(H,19,23). The summed E-state index contributed by atoms with van der Waals surface area (Å²) in [4.78, 5) is 39.6. The van der Waals surface area contributed by atoms with Gasteiger partial charge in [0.1, 0.15) is 0 Å². The number of aromatic amines is 2. The Balaban J connectivity index is 1.73. The molecule has 3 rings (SSSR count). The molecule has 0 atom stereocenters. The smallest absolute Gasteiger partial charge is 0.314 e. The first-order valence-electron chi connectivity index (χ1n) is 7.06. The van der Waals surface area contributed by atoms with Gasteiger partial charge in [0.2, 0.25) is 0 Å². The van der Waals surface area contributed by atoms with Crippen LogP contribution in [0.5, 0.6) is 0 Å². The Bertz CT molecular complexity index is 982. The van der Waals surface area contributed by atoms with E-state index >= 15 is 0 Å². The number of hydrogen-bond donors (Lipinski definition) is 3. The molecule has 3 aromatic rings. The number of aryl methyl sites for hydroxylation is 1. The Morgan fingerprint density at radius 3 is 2.61 bits per heavy atom. The molecule has 118 valence electrons. The number of carbonyl (C=O) groups is 1. The Hall–Kier alpha value is -3.16. The zero-order valence-corrected chi connectivity index (χ0v) is 12.4. The molecular weight excluding hydrogens is 298 g/mol. The van der Waals surface area contributed by atoms with Crippen molar-refractivity contribution in [3.8, 4) is 0 Å². The molecule has 0 bridgehead atoms. The number of nitrogens with one attached hydrogen (secondary N) is 3. The first-order chi connectivity index (χ1) is 11.0. The van der Waals surface area contributed by atoms with Gasteiger partial charge < -0.3 is 15.3 Å². The summed E-state index contributed by atoms with van der Waals surface area (Å²) in [6.07, 6.45) is 2.37. The summed E-state index contributed by atoms with van der Waals surface area (Å²) in [6, 6.07) is 6.61.